The van der Waals surface area contributed by atoms with Crippen LogP contribution in [0.1, 0.15) is 23.6 Å². The van der Waals surface area contributed by atoms with Gasteiger partial charge < -0.3 is 5.11 Å². The van der Waals surface area contributed by atoms with Crippen LogP contribution in [0.5, 0.6) is 5.88 Å². The van der Waals surface area contributed by atoms with Gasteiger partial charge in [-0.2, -0.15) is 0 Å². The number of fused-ring (bicyclic) bond motifs is 1. The molecule has 0 saturated heterocycles. The number of aromatic hydroxyl groups is 1. The first kappa shape index (κ1) is 18.4. The fourth-order valence-corrected chi connectivity index (χ4v) is 3.65. The van der Waals surface area contributed by atoms with Crippen molar-refractivity contribution in [1.82, 2.24) is 9.55 Å². The maximum Gasteiger partial charge on any atom is 0.262 e. The van der Waals surface area contributed by atoms with E-state index in [1.54, 1.807) is 36.6 Å². The monoisotopic (exact) mass is 409 g/mol. The van der Waals surface area contributed by atoms with Gasteiger partial charge in [0.15, 0.2) is 4.77 Å². The van der Waals surface area contributed by atoms with Gasteiger partial charge in [-0.3, -0.25) is 19.3 Å². The summed E-state index contributed by atoms with van der Waals surface area (Å²) in [5.74, 6) is -0.239. The predicted molar refractivity (Wildman–Crippen MR) is 116 cm³/mol. The second-order valence-corrected chi connectivity index (χ2v) is 7.16. The number of para-hydroxylation sites is 1. The second kappa shape index (κ2) is 7.22. The summed E-state index contributed by atoms with van der Waals surface area (Å²) in [4.78, 5) is 19.6. The molecule has 2 aromatic carbocycles. The Morgan fingerprint density at radius 2 is 2.00 bits per heavy atom. The number of H-pyrrole nitrogens is 1. The van der Waals surface area contributed by atoms with E-state index >= 15 is 0 Å². The van der Waals surface area contributed by atoms with Crippen molar-refractivity contribution in [2.45, 2.75) is 13.3 Å². The number of allylic oxidation sites excluding steroid dienone is 1. The number of aliphatic imine (C=N–C) groups is 1. The molecule has 7 heteroatoms. The lowest BCUT2D eigenvalue weighted by Crippen LogP contribution is -2.16. The molecule has 1 aliphatic heterocycles. The third-order valence-corrected chi connectivity index (χ3v) is 5.19. The summed E-state index contributed by atoms with van der Waals surface area (Å²) in [6, 6.07) is 12.8. The molecule has 1 aromatic heterocycles. The van der Waals surface area contributed by atoms with E-state index in [0.717, 1.165) is 28.8 Å². The van der Waals surface area contributed by atoms with Crippen molar-refractivity contribution in [2.75, 3.05) is 0 Å². The predicted octanol–water partition coefficient (Wildman–Crippen LogP) is 5.07. The van der Waals surface area contributed by atoms with Crippen molar-refractivity contribution >= 4 is 47.4 Å². The van der Waals surface area contributed by atoms with E-state index in [-0.39, 0.29) is 16.2 Å². The minimum atomic E-state index is -0.464. The van der Waals surface area contributed by atoms with Crippen LogP contribution in [0.2, 0.25) is 5.02 Å². The lowest BCUT2D eigenvalue weighted by atomic mass is 10.0. The molecule has 2 heterocycles. The van der Waals surface area contributed by atoms with Crippen molar-refractivity contribution in [3.63, 3.8) is 0 Å². The first-order valence-electron chi connectivity index (χ1n) is 8.72. The van der Waals surface area contributed by atoms with Crippen molar-refractivity contribution in [3.05, 3.63) is 79.3 Å². The maximum absolute atomic E-state index is 12.5. The van der Waals surface area contributed by atoms with Crippen LogP contribution < -0.4 is 5.56 Å². The molecular formula is C21H16ClN3O2S. The van der Waals surface area contributed by atoms with Gasteiger partial charge in [0, 0.05) is 22.4 Å². The van der Waals surface area contributed by atoms with E-state index in [1.165, 1.54) is 4.57 Å². The summed E-state index contributed by atoms with van der Waals surface area (Å²) in [7, 11) is 0. The maximum atomic E-state index is 12.5. The van der Waals surface area contributed by atoms with Crippen LogP contribution in [0.3, 0.4) is 0 Å². The summed E-state index contributed by atoms with van der Waals surface area (Å²) in [5.41, 5.74) is 3.96. The van der Waals surface area contributed by atoms with Crippen LogP contribution in [0.4, 0.5) is 5.69 Å². The van der Waals surface area contributed by atoms with Gasteiger partial charge in [0.2, 0.25) is 5.88 Å². The average Bonchev–Trinajstić information content (AvgIpc) is 3.09. The molecule has 0 unspecified atom stereocenters. The van der Waals surface area contributed by atoms with Crippen LogP contribution in [0, 0.1) is 4.77 Å². The lowest BCUT2D eigenvalue weighted by Gasteiger charge is -2.12. The van der Waals surface area contributed by atoms with Crippen LogP contribution in [0.25, 0.3) is 17.3 Å². The van der Waals surface area contributed by atoms with Gasteiger partial charge in [-0.05, 0) is 54.5 Å². The molecular weight excluding hydrogens is 394 g/mol. The largest absolute Gasteiger partial charge is 0.494 e. The van der Waals surface area contributed by atoms with Gasteiger partial charge in [0.05, 0.1) is 11.4 Å². The topological polar surface area (TPSA) is 70.4 Å². The van der Waals surface area contributed by atoms with Crippen LogP contribution in [-0.4, -0.2) is 20.9 Å². The molecule has 0 fully saturated rings. The zero-order valence-corrected chi connectivity index (χ0v) is 16.5. The number of aromatic nitrogens is 2. The number of hydrogen-bond acceptors (Lipinski definition) is 4. The molecule has 28 heavy (non-hydrogen) atoms. The van der Waals surface area contributed by atoms with Crippen LogP contribution >= 0.6 is 23.8 Å². The van der Waals surface area contributed by atoms with E-state index in [0.29, 0.717) is 10.7 Å². The Bertz CT molecular complexity index is 1250. The van der Waals surface area contributed by atoms with Gasteiger partial charge in [0.1, 0.15) is 5.56 Å². The number of aryl methyl sites for hydroxylation is 1. The minimum Gasteiger partial charge on any atom is -0.494 e. The minimum absolute atomic E-state index is 0.0979. The van der Waals surface area contributed by atoms with Gasteiger partial charge in [-0.1, -0.05) is 36.7 Å². The summed E-state index contributed by atoms with van der Waals surface area (Å²) in [5, 5.41) is 11.4. The van der Waals surface area contributed by atoms with Crippen molar-refractivity contribution in [3.8, 4) is 11.6 Å². The van der Waals surface area contributed by atoms with E-state index < -0.39 is 5.56 Å². The highest BCUT2D eigenvalue weighted by Gasteiger charge is 2.18. The zero-order chi connectivity index (χ0) is 19.8. The van der Waals surface area contributed by atoms with Crippen LogP contribution in [-0.2, 0) is 6.42 Å². The molecule has 0 atom stereocenters. The molecule has 0 spiro atoms. The third kappa shape index (κ3) is 3.10. The number of aromatic amines is 1. The number of halogens is 1. The van der Waals surface area contributed by atoms with Crippen molar-refractivity contribution < 1.29 is 5.11 Å². The molecule has 0 amide bonds. The molecule has 5 nitrogen and oxygen atoms in total. The quantitative estimate of drug-likeness (QED) is 0.593. The van der Waals surface area contributed by atoms with E-state index in [1.807, 2.05) is 18.2 Å². The Kier molecular flexibility index (Phi) is 4.75. The lowest BCUT2D eigenvalue weighted by molar-refractivity contribution is 0.432. The molecule has 0 aliphatic carbocycles. The fourth-order valence-electron chi connectivity index (χ4n) is 3.23. The number of rotatable bonds is 3. The Labute approximate surface area is 171 Å². The Morgan fingerprint density at radius 1 is 1.25 bits per heavy atom. The fraction of sp³-hybridized carbons (Fsp3) is 0.0952. The highest BCUT2D eigenvalue weighted by Crippen LogP contribution is 2.36. The van der Waals surface area contributed by atoms with Crippen molar-refractivity contribution in [2.24, 2.45) is 4.99 Å². The highest BCUT2D eigenvalue weighted by atomic mass is 35.5. The molecule has 2 N–H and O–H groups in total. The second-order valence-electron chi connectivity index (χ2n) is 6.33. The molecule has 0 bridgehead atoms. The van der Waals surface area contributed by atoms with E-state index in [4.69, 9.17) is 23.8 Å². The summed E-state index contributed by atoms with van der Waals surface area (Å²) in [6.45, 7) is 2.07. The number of nitrogens with zero attached hydrogens (tertiary/aromatic N) is 2. The van der Waals surface area contributed by atoms with Gasteiger partial charge >= 0.3 is 0 Å². The Hall–Kier alpha value is -2.96. The summed E-state index contributed by atoms with van der Waals surface area (Å²) in [6.07, 6.45) is 4.20. The van der Waals surface area contributed by atoms with Gasteiger partial charge in [0.25, 0.3) is 5.56 Å². The standard InChI is InChI=1S/C21H16ClN3O2S/c1-2-12-4-3-5-16-13(11-23-18(12)16)10-17-19(26)24-21(28)25(20(17)27)15-8-6-14(22)7-9-15/h3-11,27H,2H2,1H3,(H,24,26,28)/b13-10+. The number of benzene rings is 2. The molecule has 4 rings (SSSR count). The summed E-state index contributed by atoms with van der Waals surface area (Å²) >= 11 is 11.2. The zero-order valence-electron chi connectivity index (χ0n) is 14.9. The molecule has 140 valence electrons. The Balaban J connectivity index is 1.90. The molecule has 0 saturated carbocycles. The molecule has 3 aromatic rings. The molecule has 0 radical (unpaired) electrons. The Morgan fingerprint density at radius 3 is 2.71 bits per heavy atom. The SMILES string of the molecule is CCc1cccc2c1N=C/C2=C\c1c(O)n(-c2ccc(Cl)cc2)c(=S)[nH]c1=O. The normalized spacial score (nSPS) is 13.9. The van der Waals surface area contributed by atoms with E-state index in [9.17, 15) is 9.90 Å². The first-order chi connectivity index (χ1) is 13.5. The number of nitrogens with one attached hydrogen (secondary N) is 1. The third-order valence-electron chi connectivity index (χ3n) is 4.65. The number of hydrogen-bond donors (Lipinski definition) is 2. The van der Waals surface area contributed by atoms with E-state index in [2.05, 4.69) is 16.9 Å². The molecule has 1 aliphatic rings. The smallest absolute Gasteiger partial charge is 0.262 e. The highest BCUT2D eigenvalue weighted by molar-refractivity contribution is 7.71. The first-order valence-corrected chi connectivity index (χ1v) is 9.50. The van der Waals surface area contributed by atoms with Gasteiger partial charge in [-0.25, -0.2) is 0 Å². The van der Waals surface area contributed by atoms with Crippen LogP contribution in [0.15, 0.2) is 52.3 Å². The average molecular weight is 410 g/mol. The summed E-state index contributed by atoms with van der Waals surface area (Å²) < 4.78 is 1.50. The van der Waals surface area contributed by atoms with Gasteiger partial charge in [-0.15, -0.1) is 0 Å². The van der Waals surface area contributed by atoms with Crippen molar-refractivity contribution in [1.29, 1.82) is 0 Å².